The normalized spacial score (nSPS) is 11.7. The number of hydrogen-bond acceptors (Lipinski definition) is 4. The molecule has 1 aliphatic heterocycles. The summed E-state index contributed by atoms with van der Waals surface area (Å²) in [4.78, 5) is 19.8. The standard InChI is InChI=1S/C6H10O4.C2H5N.H3N/c7-5(8)3-1-2-4-6(9)10;1-2-3-1;/h1-4H2,(H,7,8)(H,9,10);3H,1-2H2;1H3. The summed E-state index contributed by atoms with van der Waals surface area (Å²) in [6.07, 6.45) is 1.02. The molecule has 0 bridgehead atoms. The van der Waals surface area contributed by atoms with E-state index in [1.54, 1.807) is 0 Å². The first kappa shape index (κ1) is 15.3. The van der Waals surface area contributed by atoms with Gasteiger partial charge in [-0.25, -0.2) is 0 Å². The number of nitrogens with one attached hydrogen (secondary N) is 1. The lowest BCUT2D eigenvalue weighted by atomic mass is 10.2. The van der Waals surface area contributed by atoms with E-state index in [1.807, 2.05) is 0 Å². The lowest BCUT2D eigenvalue weighted by Crippen LogP contribution is -1.97. The predicted octanol–water partition coefficient (Wildman–Crippen LogP) is 0.468. The van der Waals surface area contributed by atoms with E-state index in [4.69, 9.17) is 10.2 Å². The van der Waals surface area contributed by atoms with E-state index in [2.05, 4.69) is 5.32 Å². The van der Waals surface area contributed by atoms with E-state index in [-0.39, 0.29) is 19.0 Å². The molecule has 0 aromatic heterocycles. The van der Waals surface area contributed by atoms with Crippen LogP contribution >= 0.6 is 0 Å². The van der Waals surface area contributed by atoms with Crippen LogP contribution in [0.5, 0.6) is 0 Å². The molecule has 84 valence electrons. The average molecular weight is 206 g/mol. The summed E-state index contributed by atoms with van der Waals surface area (Å²) in [7, 11) is 0. The van der Waals surface area contributed by atoms with Gasteiger partial charge in [-0.1, -0.05) is 0 Å². The zero-order valence-electron chi connectivity index (χ0n) is 8.16. The zero-order chi connectivity index (χ0) is 10.1. The molecule has 0 aliphatic carbocycles. The molecule has 0 saturated carbocycles. The lowest BCUT2D eigenvalue weighted by molar-refractivity contribution is -0.139. The summed E-state index contributed by atoms with van der Waals surface area (Å²) in [6.45, 7) is 2.50. The highest BCUT2D eigenvalue weighted by molar-refractivity contribution is 5.67. The van der Waals surface area contributed by atoms with Crippen molar-refractivity contribution in [3.8, 4) is 0 Å². The third kappa shape index (κ3) is 22.4. The summed E-state index contributed by atoms with van der Waals surface area (Å²) < 4.78 is 0. The highest BCUT2D eigenvalue weighted by Crippen LogP contribution is 1.98. The van der Waals surface area contributed by atoms with Crippen molar-refractivity contribution < 1.29 is 19.8 Å². The number of carbonyl (C=O) groups is 2. The number of hydrogen-bond donors (Lipinski definition) is 4. The maximum absolute atomic E-state index is 9.90. The van der Waals surface area contributed by atoms with Gasteiger partial charge in [-0.15, -0.1) is 0 Å². The van der Waals surface area contributed by atoms with Crippen LogP contribution in [0.25, 0.3) is 0 Å². The second-order valence-electron chi connectivity index (χ2n) is 2.74. The van der Waals surface area contributed by atoms with Crippen molar-refractivity contribution in [1.82, 2.24) is 11.5 Å². The summed E-state index contributed by atoms with van der Waals surface area (Å²) in [5.41, 5.74) is 0. The summed E-state index contributed by atoms with van der Waals surface area (Å²) in [6, 6.07) is 0. The molecule has 6 nitrogen and oxygen atoms in total. The maximum Gasteiger partial charge on any atom is 0.303 e. The van der Waals surface area contributed by atoms with Gasteiger partial charge in [-0.2, -0.15) is 0 Å². The van der Waals surface area contributed by atoms with Crippen LogP contribution in [0.3, 0.4) is 0 Å². The Morgan fingerprint density at radius 3 is 1.43 bits per heavy atom. The first-order valence-electron chi connectivity index (χ1n) is 4.27. The van der Waals surface area contributed by atoms with Crippen LogP contribution in [0.2, 0.25) is 0 Å². The first-order chi connectivity index (χ1) is 6.13. The molecule has 0 atom stereocenters. The van der Waals surface area contributed by atoms with E-state index in [9.17, 15) is 9.59 Å². The molecule has 1 fully saturated rings. The Hall–Kier alpha value is -1.14. The molecular formula is C8H18N2O4. The fraction of sp³-hybridized carbons (Fsp3) is 0.750. The van der Waals surface area contributed by atoms with Crippen molar-refractivity contribution in [2.75, 3.05) is 13.1 Å². The average Bonchev–Trinajstić information content (AvgIpc) is 2.82. The van der Waals surface area contributed by atoms with Crippen molar-refractivity contribution >= 4 is 11.9 Å². The predicted molar refractivity (Wildman–Crippen MR) is 51.6 cm³/mol. The van der Waals surface area contributed by atoms with Crippen molar-refractivity contribution in [3.05, 3.63) is 0 Å². The zero-order valence-corrected chi connectivity index (χ0v) is 8.16. The number of carboxylic acid groups (broad SMARTS) is 2. The minimum atomic E-state index is -0.870. The second-order valence-corrected chi connectivity index (χ2v) is 2.74. The Morgan fingerprint density at radius 2 is 1.29 bits per heavy atom. The van der Waals surface area contributed by atoms with Crippen LogP contribution in [0.4, 0.5) is 0 Å². The van der Waals surface area contributed by atoms with Gasteiger partial charge in [-0.05, 0) is 12.8 Å². The third-order valence-electron chi connectivity index (χ3n) is 1.28. The smallest absolute Gasteiger partial charge is 0.303 e. The van der Waals surface area contributed by atoms with Crippen LogP contribution in [-0.2, 0) is 9.59 Å². The minimum absolute atomic E-state index is 0. The molecule has 0 unspecified atom stereocenters. The van der Waals surface area contributed by atoms with Crippen LogP contribution in [0, 0.1) is 0 Å². The van der Waals surface area contributed by atoms with Crippen LogP contribution in [-0.4, -0.2) is 35.2 Å². The molecule has 1 rings (SSSR count). The molecule has 0 spiro atoms. The van der Waals surface area contributed by atoms with Crippen molar-refractivity contribution in [3.63, 3.8) is 0 Å². The van der Waals surface area contributed by atoms with Gasteiger partial charge in [0.15, 0.2) is 0 Å². The van der Waals surface area contributed by atoms with Gasteiger partial charge in [0.05, 0.1) is 0 Å². The summed E-state index contributed by atoms with van der Waals surface area (Å²) in [5, 5.41) is 19.3. The largest absolute Gasteiger partial charge is 0.481 e. The van der Waals surface area contributed by atoms with Gasteiger partial charge in [0, 0.05) is 25.9 Å². The molecule has 0 aromatic carbocycles. The Morgan fingerprint density at radius 1 is 1.00 bits per heavy atom. The molecule has 6 heteroatoms. The minimum Gasteiger partial charge on any atom is -0.481 e. The number of unbranched alkanes of at least 4 members (excludes halogenated alkanes) is 1. The molecule has 1 heterocycles. The highest BCUT2D eigenvalue weighted by atomic mass is 16.4. The van der Waals surface area contributed by atoms with E-state index < -0.39 is 11.9 Å². The van der Waals surface area contributed by atoms with Gasteiger partial charge in [0.25, 0.3) is 0 Å². The van der Waals surface area contributed by atoms with E-state index in [0.29, 0.717) is 12.8 Å². The van der Waals surface area contributed by atoms with Crippen LogP contribution < -0.4 is 11.5 Å². The Labute approximate surface area is 82.9 Å². The molecule has 1 saturated heterocycles. The fourth-order valence-corrected chi connectivity index (χ4v) is 0.552. The van der Waals surface area contributed by atoms with Gasteiger partial charge in [0.2, 0.25) is 0 Å². The number of carboxylic acids is 2. The molecule has 6 N–H and O–H groups in total. The van der Waals surface area contributed by atoms with E-state index in [1.165, 1.54) is 13.1 Å². The highest BCUT2D eigenvalue weighted by Gasteiger charge is 1.99. The van der Waals surface area contributed by atoms with Crippen molar-refractivity contribution in [1.29, 1.82) is 0 Å². The van der Waals surface area contributed by atoms with E-state index in [0.717, 1.165) is 0 Å². The first-order valence-corrected chi connectivity index (χ1v) is 4.27. The van der Waals surface area contributed by atoms with Crippen LogP contribution in [0.1, 0.15) is 25.7 Å². The monoisotopic (exact) mass is 206 g/mol. The number of aliphatic carboxylic acids is 2. The molecule has 0 aromatic rings. The van der Waals surface area contributed by atoms with Gasteiger partial charge in [0.1, 0.15) is 0 Å². The molecule has 0 radical (unpaired) electrons. The quantitative estimate of drug-likeness (QED) is 0.382. The van der Waals surface area contributed by atoms with Gasteiger partial charge < -0.3 is 21.7 Å². The topological polar surface area (TPSA) is 132 Å². The SMILES string of the molecule is C1CN1.N.O=C(O)CCCCC(=O)O. The lowest BCUT2D eigenvalue weighted by Gasteiger charge is -1.92. The molecular weight excluding hydrogens is 188 g/mol. The fourth-order valence-electron chi connectivity index (χ4n) is 0.552. The van der Waals surface area contributed by atoms with Crippen molar-refractivity contribution in [2.24, 2.45) is 0 Å². The molecule has 0 amide bonds. The second kappa shape index (κ2) is 9.94. The van der Waals surface area contributed by atoms with Gasteiger partial charge in [-0.3, -0.25) is 9.59 Å². The van der Waals surface area contributed by atoms with Crippen molar-refractivity contribution in [2.45, 2.75) is 25.7 Å². The Bertz CT molecular complexity index is 152. The van der Waals surface area contributed by atoms with E-state index >= 15 is 0 Å². The molecule has 14 heavy (non-hydrogen) atoms. The van der Waals surface area contributed by atoms with Gasteiger partial charge >= 0.3 is 11.9 Å². The summed E-state index contributed by atoms with van der Waals surface area (Å²) >= 11 is 0. The third-order valence-corrected chi connectivity index (χ3v) is 1.28. The number of rotatable bonds is 5. The van der Waals surface area contributed by atoms with Crippen LogP contribution in [0.15, 0.2) is 0 Å². The maximum atomic E-state index is 9.90. The summed E-state index contributed by atoms with van der Waals surface area (Å²) in [5.74, 6) is -1.74. The Kier molecular flexibility index (Phi) is 10.9. The molecule has 1 aliphatic rings. The Balaban J connectivity index is 0.